The molecule has 0 spiro atoms. The lowest BCUT2D eigenvalue weighted by atomic mass is 10.3. The van der Waals surface area contributed by atoms with Crippen LogP contribution in [0.2, 0.25) is 0 Å². The van der Waals surface area contributed by atoms with Gasteiger partial charge in [0, 0.05) is 6.20 Å². The molecule has 0 saturated carbocycles. The zero-order chi connectivity index (χ0) is 12.3. The molecule has 0 saturated heterocycles. The lowest BCUT2D eigenvalue weighted by Crippen LogP contribution is -2.19. The van der Waals surface area contributed by atoms with Crippen LogP contribution in [0.15, 0.2) is 16.8 Å². The van der Waals surface area contributed by atoms with Crippen LogP contribution in [0.4, 0.5) is 0 Å². The highest BCUT2D eigenvalue weighted by molar-refractivity contribution is 7.14. The molecule has 0 aromatic carbocycles. The fourth-order valence-electron chi connectivity index (χ4n) is 1.53. The third-order valence-electron chi connectivity index (χ3n) is 2.46. The van der Waals surface area contributed by atoms with Gasteiger partial charge in [-0.1, -0.05) is 6.92 Å². The van der Waals surface area contributed by atoms with E-state index in [1.165, 1.54) is 0 Å². The first kappa shape index (κ1) is 12.3. The topological polar surface area (TPSA) is 51.0 Å². The monoisotopic (exact) mass is 251 g/mol. The average molecular weight is 251 g/mol. The third-order valence-corrected chi connectivity index (χ3v) is 3.39. The normalized spacial score (nSPS) is 12.9. The Hall–Kier alpha value is -1.20. The van der Waals surface area contributed by atoms with Crippen LogP contribution in [0.25, 0.3) is 10.6 Å². The highest BCUT2D eigenvalue weighted by Gasteiger charge is 2.13. The first-order chi connectivity index (χ1) is 8.20. The zero-order valence-corrected chi connectivity index (χ0v) is 11.2. The van der Waals surface area contributed by atoms with Gasteiger partial charge in [-0.25, -0.2) is 9.97 Å². The maximum Gasteiger partial charge on any atom is 0.211 e. The molecule has 2 rings (SSSR count). The van der Waals surface area contributed by atoms with Crippen LogP contribution >= 0.6 is 11.3 Å². The van der Waals surface area contributed by atoms with E-state index in [4.69, 9.17) is 4.42 Å². The molecule has 1 atom stereocenters. The van der Waals surface area contributed by atoms with Gasteiger partial charge >= 0.3 is 0 Å². The molecule has 1 unspecified atom stereocenters. The summed E-state index contributed by atoms with van der Waals surface area (Å²) in [5.41, 5.74) is 0. The molecule has 0 radical (unpaired) electrons. The minimum Gasteiger partial charge on any atom is -0.438 e. The van der Waals surface area contributed by atoms with Crippen LogP contribution in [-0.2, 0) is 0 Å². The summed E-state index contributed by atoms with van der Waals surface area (Å²) in [7, 11) is 0. The molecule has 2 aromatic rings. The summed E-state index contributed by atoms with van der Waals surface area (Å²) in [4.78, 5) is 9.55. The lowest BCUT2D eigenvalue weighted by Gasteiger charge is -2.08. The van der Waals surface area contributed by atoms with Crippen LogP contribution in [0.3, 0.4) is 0 Å². The summed E-state index contributed by atoms with van der Waals surface area (Å²) < 4.78 is 5.74. The van der Waals surface area contributed by atoms with E-state index in [1.54, 1.807) is 17.5 Å². The molecule has 0 aliphatic rings. The van der Waals surface area contributed by atoms with Crippen molar-refractivity contribution in [1.29, 1.82) is 0 Å². The quantitative estimate of drug-likeness (QED) is 0.886. The fourth-order valence-corrected chi connectivity index (χ4v) is 2.25. The van der Waals surface area contributed by atoms with Crippen molar-refractivity contribution in [3.05, 3.63) is 23.3 Å². The van der Waals surface area contributed by atoms with Crippen molar-refractivity contribution in [2.24, 2.45) is 0 Å². The predicted molar refractivity (Wildman–Crippen MR) is 69.1 cm³/mol. The zero-order valence-electron chi connectivity index (χ0n) is 10.4. The number of nitrogens with one attached hydrogen (secondary N) is 1. The van der Waals surface area contributed by atoms with E-state index in [-0.39, 0.29) is 6.04 Å². The SMILES string of the molecule is CCCNC(C)c1ncc(-c2cnc(C)s2)o1. The Bertz CT molecular complexity index is 478. The van der Waals surface area contributed by atoms with Crippen molar-refractivity contribution >= 4 is 11.3 Å². The van der Waals surface area contributed by atoms with Gasteiger partial charge in [-0.3, -0.25) is 0 Å². The first-order valence-electron chi connectivity index (χ1n) is 5.82. The molecule has 5 heteroatoms. The molecule has 2 heterocycles. The lowest BCUT2D eigenvalue weighted by molar-refractivity contribution is 0.423. The number of nitrogens with zero attached hydrogens (tertiary/aromatic N) is 2. The third kappa shape index (κ3) is 2.92. The van der Waals surface area contributed by atoms with Crippen molar-refractivity contribution in [2.45, 2.75) is 33.2 Å². The number of aromatic nitrogens is 2. The Morgan fingerprint density at radius 1 is 1.41 bits per heavy atom. The Kier molecular flexibility index (Phi) is 3.91. The van der Waals surface area contributed by atoms with Crippen molar-refractivity contribution in [1.82, 2.24) is 15.3 Å². The number of hydrogen-bond acceptors (Lipinski definition) is 5. The van der Waals surface area contributed by atoms with Gasteiger partial charge in [0.05, 0.1) is 22.1 Å². The maximum absolute atomic E-state index is 5.74. The van der Waals surface area contributed by atoms with E-state index in [0.29, 0.717) is 0 Å². The van der Waals surface area contributed by atoms with E-state index < -0.39 is 0 Å². The second kappa shape index (κ2) is 5.42. The second-order valence-corrected chi connectivity index (χ2v) is 5.22. The average Bonchev–Trinajstić information content (AvgIpc) is 2.93. The van der Waals surface area contributed by atoms with Crippen molar-refractivity contribution in [3.63, 3.8) is 0 Å². The summed E-state index contributed by atoms with van der Waals surface area (Å²) in [6.45, 7) is 7.15. The molecular weight excluding hydrogens is 234 g/mol. The Labute approximate surface area is 105 Å². The largest absolute Gasteiger partial charge is 0.438 e. The smallest absolute Gasteiger partial charge is 0.211 e. The Balaban J connectivity index is 2.10. The van der Waals surface area contributed by atoms with E-state index in [1.807, 2.05) is 13.1 Å². The molecule has 1 N–H and O–H groups in total. The van der Waals surface area contributed by atoms with E-state index in [2.05, 4.69) is 29.1 Å². The van der Waals surface area contributed by atoms with Crippen LogP contribution < -0.4 is 5.32 Å². The van der Waals surface area contributed by atoms with Gasteiger partial charge in [-0.05, 0) is 26.8 Å². The molecular formula is C12H17N3OS. The Morgan fingerprint density at radius 3 is 2.88 bits per heavy atom. The van der Waals surface area contributed by atoms with E-state index in [0.717, 1.165) is 34.5 Å². The molecule has 17 heavy (non-hydrogen) atoms. The van der Waals surface area contributed by atoms with Crippen LogP contribution in [0.5, 0.6) is 0 Å². The molecule has 4 nitrogen and oxygen atoms in total. The minimum atomic E-state index is 0.151. The van der Waals surface area contributed by atoms with Gasteiger partial charge in [0.1, 0.15) is 0 Å². The van der Waals surface area contributed by atoms with Gasteiger partial charge in [-0.15, -0.1) is 11.3 Å². The van der Waals surface area contributed by atoms with Crippen molar-refractivity contribution in [2.75, 3.05) is 6.54 Å². The second-order valence-electron chi connectivity index (χ2n) is 3.98. The van der Waals surface area contributed by atoms with Gasteiger partial charge < -0.3 is 9.73 Å². The molecule has 0 bridgehead atoms. The number of hydrogen-bond donors (Lipinski definition) is 1. The number of rotatable bonds is 5. The summed E-state index contributed by atoms with van der Waals surface area (Å²) in [5.74, 6) is 1.54. The highest BCUT2D eigenvalue weighted by atomic mass is 32.1. The minimum absolute atomic E-state index is 0.151. The molecule has 2 aromatic heterocycles. The first-order valence-corrected chi connectivity index (χ1v) is 6.64. The summed E-state index contributed by atoms with van der Waals surface area (Å²) in [6, 6.07) is 0.151. The van der Waals surface area contributed by atoms with Crippen LogP contribution in [0, 0.1) is 6.92 Å². The predicted octanol–water partition coefficient (Wildman–Crippen LogP) is 3.17. The summed E-state index contributed by atoms with van der Waals surface area (Å²) >= 11 is 1.62. The Morgan fingerprint density at radius 2 is 2.24 bits per heavy atom. The molecule has 0 amide bonds. The standard InChI is InChI=1S/C12H17N3OS/c1-4-5-13-8(2)12-15-6-10(16-12)11-7-14-9(3)17-11/h6-8,13H,4-5H2,1-3H3. The van der Waals surface area contributed by atoms with Gasteiger partial charge in [-0.2, -0.15) is 0 Å². The number of aryl methyl sites for hydroxylation is 1. The van der Waals surface area contributed by atoms with Gasteiger partial charge in [0.2, 0.25) is 5.89 Å². The van der Waals surface area contributed by atoms with Crippen LogP contribution in [-0.4, -0.2) is 16.5 Å². The molecule has 0 fully saturated rings. The maximum atomic E-state index is 5.74. The molecule has 0 aliphatic heterocycles. The fraction of sp³-hybridized carbons (Fsp3) is 0.500. The van der Waals surface area contributed by atoms with Crippen LogP contribution in [0.1, 0.15) is 37.2 Å². The van der Waals surface area contributed by atoms with Crippen molar-refractivity contribution < 1.29 is 4.42 Å². The highest BCUT2D eigenvalue weighted by Crippen LogP contribution is 2.27. The summed E-state index contributed by atoms with van der Waals surface area (Å²) in [5, 5.41) is 4.39. The van der Waals surface area contributed by atoms with Crippen molar-refractivity contribution in [3.8, 4) is 10.6 Å². The van der Waals surface area contributed by atoms with Gasteiger partial charge in [0.25, 0.3) is 0 Å². The molecule has 0 aliphatic carbocycles. The number of oxazole rings is 1. The summed E-state index contributed by atoms with van der Waals surface area (Å²) in [6.07, 6.45) is 4.70. The number of thiazole rings is 1. The molecule has 92 valence electrons. The van der Waals surface area contributed by atoms with E-state index >= 15 is 0 Å². The van der Waals surface area contributed by atoms with Gasteiger partial charge in [0.15, 0.2) is 5.76 Å². The van der Waals surface area contributed by atoms with E-state index in [9.17, 15) is 0 Å².